The van der Waals surface area contributed by atoms with Gasteiger partial charge in [-0.1, -0.05) is 0 Å². The van der Waals surface area contributed by atoms with Crippen LogP contribution in [-0.2, 0) is 4.52 Å². The van der Waals surface area contributed by atoms with E-state index in [4.69, 9.17) is 9.79 Å². The lowest BCUT2D eigenvalue weighted by atomic mass is 10.5. The summed E-state index contributed by atoms with van der Waals surface area (Å²) in [6.45, 7) is 5.63. The van der Waals surface area contributed by atoms with Crippen molar-refractivity contribution < 1.29 is 4.52 Å². The van der Waals surface area contributed by atoms with E-state index in [9.17, 15) is 0 Å². The van der Waals surface area contributed by atoms with Gasteiger partial charge in [-0.25, -0.2) is 4.76 Å². The van der Waals surface area contributed by atoms with Gasteiger partial charge in [0.15, 0.2) is 0 Å². The molecule has 9 heavy (non-hydrogen) atoms. The van der Waals surface area contributed by atoms with Crippen molar-refractivity contribution in [3.05, 3.63) is 0 Å². The van der Waals surface area contributed by atoms with Gasteiger partial charge in [0, 0.05) is 6.66 Å². The molecular weight excluding hydrogens is 135 g/mol. The SMILES string of the molecule is C=NP(C)OCCC#N. The van der Waals surface area contributed by atoms with Gasteiger partial charge < -0.3 is 4.52 Å². The molecule has 0 aliphatic carbocycles. The molecule has 1 atom stereocenters. The Morgan fingerprint density at radius 2 is 2.56 bits per heavy atom. The van der Waals surface area contributed by atoms with Gasteiger partial charge in [-0.3, -0.25) is 0 Å². The summed E-state index contributed by atoms with van der Waals surface area (Å²) < 4.78 is 8.69. The van der Waals surface area contributed by atoms with Crippen LogP contribution in [0.1, 0.15) is 6.42 Å². The Morgan fingerprint density at radius 3 is 3.00 bits per heavy atom. The van der Waals surface area contributed by atoms with Crippen LogP contribution in [0.4, 0.5) is 0 Å². The standard InChI is InChI=1S/C5H9N2OP/c1-7-9(2)8-5-3-4-6/h1,3,5H2,2H3. The van der Waals surface area contributed by atoms with E-state index in [-0.39, 0.29) is 0 Å². The van der Waals surface area contributed by atoms with Crippen LogP contribution in [0.5, 0.6) is 0 Å². The minimum absolute atomic E-state index is 0.433. The molecule has 0 amide bonds. The molecule has 0 bridgehead atoms. The highest BCUT2D eigenvalue weighted by Crippen LogP contribution is 2.31. The minimum atomic E-state index is -0.727. The summed E-state index contributed by atoms with van der Waals surface area (Å²) in [5.74, 6) is 0. The zero-order valence-corrected chi connectivity index (χ0v) is 6.27. The molecule has 50 valence electrons. The predicted molar refractivity (Wildman–Crippen MR) is 38.6 cm³/mol. The fourth-order valence-corrected chi connectivity index (χ4v) is 0.701. The summed E-state index contributed by atoms with van der Waals surface area (Å²) in [6, 6.07) is 1.97. The molecule has 0 rings (SSSR count). The summed E-state index contributed by atoms with van der Waals surface area (Å²) in [4.78, 5) is 0. The fraction of sp³-hybridized carbons (Fsp3) is 0.600. The molecule has 0 saturated carbocycles. The van der Waals surface area contributed by atoms with Crippen molar-refractivity contribution in [3.8, 4) is 6.07 Å². The maximum Gasteiger partial charge on any atom is 0.148 e. The normalized spacial score (nSPS) is 12.0. The van der Waals surface area contributed by atoms with Crippen LogP contribution in [0, 0.1) is 11.3 Å². The summed E-state index contributed by atoms with van der Waals surface area (Å²) in [5, 5.41) is 8.08. The number of hydrogen-bond donors (Lipinski definition) is 0. The third-order valence-electron chi connectivity index (χ3n) is 0.691. The van der Waals surface area contributed by atoms with Crippen molar-refractivity contribution in [1.82, 2.24) is 0 Å². The van der Waals surface area contributed by atoms with Gasteiger partial charge in [-0.15, -0.1) is 0 Å². The van der Waals surface area contributed by atoms with E-state index in [1.807, 2.05) is 12.7 Å². The minimum Gasteiger partial charge on any atom is -0.337 e. The first kappa shape index (κ1) is 8.55. The molecular formula is C5H9N2OP. The van der Waals surface area contributed by atoms with Crippen molar-refractivity contribution in [2.24, 2.45) is 4.76 Å². The first-order chi connectivity index (χ1) is 4.31. The largest absolute Gasteiger partial charge is 0.337 e. The predicted octanol–water partition coefficient (Wildman–Crippen LogP) is 1.56. The topological polar surface area (TPSA) is 45.4 Å². The van der Waals surface area contributed by atoms with Crippen molar-refractivity contribution in [2.75, 3.05) is 13.3 Å². The van der Waals surface area contributed by atoms with Gasteiger partial charge in [-0.2, -0.15) is 5.26 Å². The Bertz CT molecular complexity index is 121. The van der Waals surface area contributed by atoms with Crippen molar-refractivity contribution in [3.63, 3.8) is 0 Å². The number of rotatable bonds is 4. The number of hydrogen-bond acceptors (Lipinski definition) is 3. The lowest BCUT2D eigenvalue weighted by molar-refractivity contribution is 0.365. The Hall–Kier alpha value is -0.450. The highest BCUT2D eigenvalue weighted by atomic mass is 31.2. The van der Waals surface area contributed by atoms with Gasteiger partial charge in [0.25, 0.3) is 0 Å². The lowest BCUT2D eigenvalue weighted by Gasteiger charge is -2.02. The van der Waals surface area contributed by atoms with Gasteiger partial charge in [-0.05, 0) is 6.72 Å². The summed E-state index contributed by atoms with van der Waals surface area (Å²) in [7, 11) is -0.727. The molecule has 0 aromatic heterocycles. The number of nitrogens with zero attached hydrogens (tertiary/aromatic N) is 2. The van der Waals surface area contributed by atoms with Crippen LogP contribution in [0.2, 0.25) is 0 Å². The smallest absolute Gasteiger partial charge is 0.148 e. The molecule has 0 fully saturated rings. The zero-order chi connectivity index (χ0) is 7.11. The van der Waals surface area contributed by atoms with E-state index in [2.05, 4.69) is 11.5 Å². The number of nitriles is 1. The molecule has 1 unspecified atom stereocenters. The third kappa shape index (κ3) is 5.42. The Labute approximate surface area is 56.2 Å². The first-order valence-electron chi connectivity index (χ1n) is 2.51. The molecule has 0 radical (unpaired) electrons. The Morgan fingerprint density at radius 1 is 1.89 bits per heavy atom. The van der Waals surface area contributed by atoms with Crippen molar-refractivity contribution >= 4 is 15.0 Å². The highest BCUT2D eigenvalue weighted by molar-refractivity contribution is 7.50. The molecule has 0 aliphatic rings. The van der Waals surface area contributed by atoms with E-state index >= 15 is 0 Å². The molecule has 0 aromatic rings. The van der Waals surface area contributed by atoms with Gasteiger partial charge in [0.05, 0.1) is 19.1 Å². The first-order valence-corrected chi connectivity index (χ1v) is 4.17. The molecule has 0 spiro atoms. The maximum absolute atomic E-state index is 8.08. The Kier molecular flexibility index (Phi) is 5.40. The van der Waals surface area contributed by atoms with Gasteiger partial charge in [0.1, 0.15) is 8.30 Å². The van der Waals surface area contributed by atoms with E-state index < -0.39 is 8.30 Å². The lowest BCUT2D eigenvalue weighted by Crippen LogP contribution is -1.84. The molecule has 0 N–H and O–H groups in total. The van der Waals surface area contributed by atoms with E-state index in [0.29, 0.717) is 13.0 Å². The van der Waals surface area contributed by atoms with Crippen LogP contribution in [-0.4, -0.2) is 20.0 Å². The molecule has 0 saturated heterocycles. The second-order valence-electron chi connectivity index (χ2n) is 1.35. The van der Waals surface area contributed by atoms with E-state index in [1.165, 1.54) is 0 Å². The van der Waals surface area contributed by atoms with Gasteiger partial charge in [0.2, 0.25) is 0 Å². The van der Waals surface area contributed by atoms with Crippen molar-refractivity contribution in [1.29, 1.82) is 5.26 Å². The molecule has 3 nitrogen and oxygen atoms in total. The van der Waals surface area contributed by atoms with Crippen LogP contribution < -0.4 is 0 Å². The molecule has 0 heterocycles. The van der Waals surface area contributed by atoms with E-state index in [1.54, 1.807) is 0 Å². The summed E-state index contributed by atoms with van der Waals surface area (Å²) >= 11 is 0. The monoisotopic (exact) mass is 144 g/mol. The van der Waals surface area contributed by atoms with Crippen molar-refractivity contribution in [2.45, 2.75) is 6.42 Å². The summed E-state index contributed by atoms with van der Waals surface area (Å²) in [5.41, 5.74) is 0. The quantitative estimate of drug-likeness (QED) is 0.341. The van der Waals surface area contributed by atoms with Crippen LogP contribution >= 0.6 is 8.30 Å². The maximum atomic E-state index is 8.08. The second-order valence-corrected chi connectivity index (χ2v) is 2.82. The highest BCUT2D eigenvalue weighted by Gasteiger charge is 1.93. The van der Waals surface area contributed by atoms with Crippen LogP contribution in [0.25, 0.3) is 0 Å². The summed E-state index contributed by atoms with van der Waals surface area (Å²) in [6.07, 6.45) is 0.433. The molecule has 0 aliphatic heterocycles. The molecule has 4 heteroatoms. The Balaban J connectivity index is 3.08. The van der Waals surface area contributed by atoms with Crippen LogP contribution in [0.3, 0.4) is 0 Å². The van der Waals surface area contributed by atoms with E-state index in [0.717, 1.165) is 0 Å². The van der Waals surface area contributed by atoms with Crippen LogP contribution in [0.15, 0.2) is 4.76 Å². The fourth-order valence-electron chi connectivity index (χ4n) is 0.264. The van der Waals surface area contributed by atoms with Gasteiger partial charge >= 0.3 is 0 Å². The average Bonchev–Trinajstić information content (AvgIpc) is 1.89. The average molecular weight is 144 g/mol. The second kappa shape index (κ2) is 5.68. The zero-order valence-electron chi connectivity index (χ0n) is 5.37. The third-order valence-corrected chi connectivity index (χ3v) is 1.65. The molecule has 0 aromatic carbocycles.